The highest BCUT2D eigenvalue weighted by Gasteiger charge is 2.34. The summed E-state index contributed by atoms with van der Waals surface area (Å²) in [6, 6.07) is 4.82. The zero-order chi connectivity index (χ0) is 16.3. The van der Waals surface area contributed by atoms with Crippen molar-refractivity contribution in [2.75, 3.05) is 5.32 Å². The summed E-state index contributed by atoms with van der Waals surface area (Å²) in [5, 5.41) is 20.6. The van der Waals surface area contributed by atoms with Gasteiger partial charge in [0.05, 0.1) is 23.1 Å². The fourth-order valence-electron chi connectivity index (χ4n) is 2.69. The van der Waals surface area contributed by atoms with Crippen LogP contribution in [0, 0.1) is 17.2 Å². The quantitative estimate of drug-likeness (QED) is 0.894. The van der Waals surface area contributed by atoms with Gasteiger partial charge in [0.1, 0.15) is 0 Å². The molecule has 0 spiro atoms. The third-order valence-electron chi connectivity index (χ3n) is 3.89. The molecule has 1 aromatic rings. The predicted octanol–water partition coefficient (Wildman–Crippen LogP) is 3.63. The second-order valence-corrected chi connectivity index (χ2v) is 5.40. The van der Waals surface area contributed by atoms with Gasteiger partial charge in [-0.05, 0) is 43.9 Å². The fourth-order valence-corrected chi connectivity index (χ4v) is 2.69. The van der Waals surface area contributed by atoms with Gasteiger partial charge in [-0.3, -0.25) is 4.79 Å². The monoisotopic (exact) mass is 312 g/mol. The van der Waals surface area contributed by atoms with Crippen LogP contribution >= 0.6 is 0 Å². The molecular weight excluding hydrogens is 297 g/mol. The molecule has 0 aromatic heterocycles. The molecule has 1 aliphatic carbocycles. The number of anilines is 1. The van der Waals surface area contributed by atoms with Crippen molar-refractivity contribution in [3.05, 3.63) is 29.3 Å². The van der Waals surface area contributed by atoms with E-state index >= 15 is 0 Å². The number of rotatable bonds is 3. The number of carbonyl (C=O) groups is 1. The van der Waals surface area contributed by atoms with E-state index in [-0.39, 0.29) is 17.3 Å². The molecule has 0 saturated heterocycles. The van der Waals surface area contributed by atoms with E-state index < -0.39 is 23.6 Å². The highest BCUT2D eigenvalue weighted by molar-refractivity contribution is 5.70. The Balaban J connectivity index is 2.15. The predicted molar refractivity (Wildman–Crippen MR) is 73.2 cm³/mol. The summed E-state index contributed by atoms with van der Waals surface area (Å²) in [7, 11) is 0. The Kier molecular flexibility index (Phi) is 4.59. The van der Waals surface area contributed by atoms with Gasteiger partial charge in [0.25, 0.3) is 0 Å². The Morgan fingerprint density at radius 3 is 2.41 bits per heavy atom. The van der Waals surface area contributed by atoms with E-state index in [0.717, 1.165) is 12.1 Å². The normalized spacial score (nSPS) is 21.9. The number of hydrogen-bond acceptors (Lipinski definition) is 3. The Morgan fingerprint density at radius 1 is 1.27 bits per heavy atom. The third kappa shape index (κ3) is 3.70. The summed E-state index contributed by atoms with van der Waals surface area (Å²) in [5.41, 5.74) is -0.785. The Morgan fingerprint density at radius 2 is 1.91 bits per heavy atom. The maximum absolute atomic E-state index is 13.0. The molecule has 0 radical (unpaired) electrons. The van der Waals surface area contributed by atoms with E-state index in [1.807, 2.05) is 6.07 Å². The number of hydrogen-bond donors (Lipinski definition) is 2. The molecule has 0 amide bonds. The van der Waals surface area contributed by atoms with Crippen LogP contribution in [0.1, 0.15) is 36.8 Å². The summed E-state index contributed by atoms with van der Waals surface area (Å²) >= 11 is 0. The third-order valence-corrected chi connectivity index (χ3v) is 3.89. The zero-order valence-electron chi connectivity index (χ0n) is 11.7. The van der Waals surface area contributed by atoms with Crippen LogP contribution < -0.4 is 5.32 Å². The minimum atomic E-state index is -4.51. The molecular formula is C15H15F3N2O2. The van der Waals surface area contributed by atoms with Gasteiger partial charge in [-0.15, -0.1) is 0 Å². The lowest BCUT2D eigenvalue weighted by molar-refractivity contribution is -0.142. The molecule has 0 bridgehead atoms. The summed E-state index contributed by atoms with van der Waals surface area (Å²) in [4.78, 5) is 10.9. The van der Waals surface area contributed by atoms with Gasteiger partial charge in [-0.25, -0.2) is 0 Å². The molecule has 1 fully saturated rings. The molecule has 1 aromatic carbocycles. The van der Waals surface area contributed by atoms with Crippen molar-refractivity contribution in [2.45, 2.75) is 37.9 Å². The van der Waals surface area contributed by atoms with Gasteiger partial charge >= 0.3 is 12.1 Å². The summed E-state index contributed by atoms with van der Waals surface area (Å²) in [5.74, 6) is -1.29. The van der Waals surface area contributed by atoms with Crippen LogP contribution in [-0.4, -0.2) is 17.1 Å². The van der Waals surface area contributed by atoms with Crippen LogP contribution in [0.3, 0.4) is 0 Å². The average molecular weight is 312 g/mol. The number of halogens is 3. The minimum absolute atomic E-state index is 0.120. The lowest BCUT2D eigenvalue weighted by Crippen LogP contribution is -2.30. The summed E-state index contributed by atoms with van der Waals surface area (Å²) < 4.78 is 39.0. The van der Waals surface area contributed by atoms with Crippen LogP contribution in [-0.2, 0) is 11.0 Å². The van der Waals surface area contributed by atoms with Crippen molar-refractivity contribution >= 4 is 11.7 Å². The fraction of sp³-hybridized carbons (Fsp3) is 0.467. The first-order chi connectivity index (χ1) is 10.3. The van der Waals surface area contributed by atoms with Crippen molar-refractivity contribution in [2.24, 2.45) is 5.92 Å². The molecule has 22 heavy (non-hydrogen) atoms. The van der Waals surface area contributed by atoms with Crippen LogP contribution in [0.25, 0.3) is 0 Å². The van der Waals surface area contributed by atoms with Gasteiger partial charge in [-0.1, -0.05) is 0 Å². The van der Waals surface area contributed by atoms with Crippen LogP contribution in [0.4, 0.5) is 18.9 Å². The van der Waals surface area contributed by atoms with Crippen molar-refractivity contribution in [3.63, 3.8) is 0 Å². The van der Waals surface area contributed by atoms with Crippen molar-refractivity contribution in [1.82, 2.24) is 0 Å². The topological polar surface area (TPSA) is 73.1 Å². The van der Waals surface area contributed by atoms with Gasteiger partial charge in [0.2, 0.25) is 0 Å². The molecule has 1 saturated carbocycles. The van der Waals surface area contributed by atoms with Crippen LogP contribution in [0.15, 0.2) is 18.2 Å². The van der Waals surface area contributed by atoms with Gasteiger partial charge in [-0.2, -0.15) is 18.4 Å². The average Bonchev–Trinajstić information content (AvgIpc) is 2.46. The molecule has 1 aliphatic rings. The van der Waals surface area contributed by atoms with Gasteiger partial charge < -0.3 is 10.4 Å². The van der Waals surface area contributed by atoms with Gasteiger partial charge in [0, 0.05) is 11.7 Å². The number of carboxylic acid groups (broad SMARTS) is 1. The van der Waals surface area contributed by atoms with Crippen LogP contribution in [0.5, 0.6) is 0 Å². The number of aliphatic carboxylic acids is 1. The smallest absolute Gasteiger partial charge is 0.418 e. The number of nitriles is 1. The minimum Gasteiger partial charge on any atom is -0.481 e. The molecule has 2 rings (SSSR count). The first kappa shape index (κ1) is 16.1. The lowest BCUT2D eigenvalue weighted by atomic mass is 9.86. The number of nitrogens with zero attached hydrogens (tertiary/aromatic N) is 1. The summed E-state index contributed by atoms with van der Waals surface area (Å²) in [6.07, 6.45) is -2.65. The van der Waals surface area contributed by atoms with E-state index in [4.69, 9.17) is 10.4 Å². The number of nitrogens with one attached hydrogen (secondary N) is 1. The molecule has 4 nitrogen and oxygen atoms in total. The van der Waals surface area contributed by atoms with E-state index in [2.05, 4.69) is 5.32 Å². The van der Waals surface area contributed by atoms with Crippen molar-refractivity contribution < 1.29 is 23.1 Å². The Labute approximate surface area is 125 Å². The molecule has 7 heteroatoms. The number of benzene rings is 1. The SMILES string of the molecule is N#Cc1ccc(C(F)(F)F)c(NC2CCC(C(=O)O)CC2)c1. The molecule has 0 aliphatic heterocycles. The molecule has 0 atom stereocenters. The highest BCUT2D eigenvalue weighted by Crippen LogP contribution is 2.37. The first-order valence-electron chi connectivity index (χ1n) is 6.92. The zero-order valence-corrected chi connectivity index (χ0v) is 11.7. The van der Waals surface area contributed by atoms with E-state index in [1.165, 1.54) is 6.07 Å². The Hall–Kier alpha value is -2.23. The number of carboxylic acids is 1. The molecule has 2 N–H and O–H groups in total. The largest absolute Gasteiger partial charge is 0.481 e. The van der Waals surface area contributed by atoms with E-state index in [1.54, 1.807) is 0 Å². The van der Waals surface area contributed by atoms with E-state index in [9.17, 15) is 18.0 Å². The maximum atomic E-state index is 13.0. The second kappa shape index (κ2) is 6.26. The van der Waals surface area contributed by atoms with Crippen molar-refractivity contribution in [3.8, 4) is 6.07 Å². The van der Waals surface area contributed by atoms with Gasteiger partial charge in [0.15, 0.2) is 0 Å². The number of alkyl halides is 3. The molecule has 0 unspecified atom stereocenters. The van der Waals surface area contributed by atoms with Crippen LogP contribution in [0.2, 0.25) is 0 Å². The molecule has 0 heterocycles. The lowest BCUT2D eigenvalue weighted by Gasteiger charge is -2.28. The first-order valence-corrected chi connectivity index (χ1v) is 6.92. The second-order valence-electron chi connectivity index (χ2n) is 5.40. The Bertz CT molecular complexity index is 600. The standard InChI is InChI=1S/C15H15F3N2O2/c16-15(17,18)12-6-1-9(8-19)7-13(12)20-11-4-2-10(3-5-11)14(21)22/h1,6-7,10-11,20H,2-5H2,(H,21,22). The highest BCUT2D eigenvalue weighted by atomic mass is 19.4. The van der Waals surface area contributed by atoms with Crippen molar-refractivity contribution in [1.29, 1.82) is 5.26 Å². The molecule has 118 valence electrons. The maximum Gasteiger partial charge on any atom is 0.418 e. The van der Waals surface area contributed by atoms with E-state index in [0.29, 0.717) is 25.7 Å². The summed E-state index contributed by atoms with van der Waals surface area (Å²) in [6.45, 7) is 0.